The van der Waals surface area contributed by atoms with Crippen molar-refractivity contribution in [3.8, 4) is 0 Å². The Kier molecular flexibility index (Phi) is 5.46. The number of anilines is 2. The number of nitrogens with zero attached hydrogens (tertiary/aromatic N) is 2. The van der Waals surface area contributed by atoms with Crippen LogP contribution in [-0.4, -0.2) is 23.9 Å². The Hall–Kier alpha value is -2.95. The molecule has 4 aromatic rings. The van der Waals surface area contributed by atoms with E-state index in [0.29, 0.717) is 16.6 Å². The van der Waals surface area contributed by atoms with Crippen molar-refractivity contribution in [1.29, 1.82) is 0 Å². The van der Waals surface area contributed by atoms with Gasteiger partial charge in [0.05, 0.1) is 15.4 Å². The van der Waals surface area contributed by atoms with Gasteiger partial charge in [0, 0.05) is 28.8 Å². The predicted molar refractivity (Wildman–Crippen MR) is 115 cm³/mol. The predicted octanol–water partition coefficient (Wildman–Crippen LogP) is 4.33. The number of thiazole rings is 1. The minimum absolute atomic E-state index is 0.0168. The molecule has 11 heteroatoms. The second-order valence-electron chi connectivity index (χ2n) is 6.28. The highest BCUT2D eigenvalue weighted by atomic mass is 35.5. The van der Waals surface area contributed by atoms with Crippen molar-refractivity contribution in [2.24, 2.45) is 0 Å². The summed E-state index contributed by atoms with van der Waals surface area (Å²) in [5.41, 5.74) is 1.07. The fourth-order valence-corrected chi connectivity index (χ4v) is 4.79. The molecule has 0 unspecified atom stereocenters. The van der Waals surface area contributed by atoms with Crippen LogP contribution >= 0.6 is 22.9 Å². The SMILES string of the molecule is O=C(Cn1ccc2cc(F)c(Cl)cc21)Nc1ccc(S(=O)(=O)Nc2nccs2)cc1. The molecule has 0 aliphatic rings. The summed E-state index contributed by atoms with van der Waals surface area (Å²) in [6.07, 6.45) is 3.17. The third-order valence-electron chi connectivity index (χ3n) is 4.23. The van der Waals surface area contributed by atoms with Crippen molar-refractivity contribution in [2.75, 3.05) is 10.0 Å². The number of amides is 1. The Morgan fingerprint density at radius 2 is 1.97 bits per heavy atom. The van der Waals surface area contributed by atoms with Crippen LogP contribution in [0.25, 0.3) is 10.9 Å². The minimum atomic E-state index is -3.76. The highest BCUT2D eigenvalue weighted by Gasteiger charge is 2.16. The van der Waals surface area contributed by atoms with Crippen molar-refractivity contribution in [3.05, 3.63) is 71.1 Å². The lowest BCUT2D eigenvalue weighted by atomic mass is 10.2. The minimum Gasteiger partial charge on any atom is -0.338 e. The average molecular weight is 465 g/mol. The maximum absolute atomic E-state index is 13.6. The topological polar surface area (TPSA) is 93.1 Å². The van der Waals surface area contributed by atoms with Crippen LogP contribution in [0.4, 0.5) is 15.2 Å². The Bertz CT molecular complexity index is 1320. The molecule has 0 aliphatic heterocycles. The number of fused-ring (bicyclic) bond motifs is 1. The lowest BCUT2D eigenvalue weighted by molar-refractivity contribution is -0.116. The Morgan fingerprint density at radius 1 is 1.20 bits per heavy atom. The number of halogens is 2. The molecule has 0 spiro atoms. The van der Waals surface area contributed by atoms with E-state index in [4.69, 9.17) is 11.6 Å². The zero-order valence-electron chi connectivity index (χ0n) is 15.2. The molecule has 0 aliphatic carbocycles. The summed E-state index contributed by atoms with van der Waals surface area (Å²) >= 11 is 7.00. The summed E-state index contributed by atoms with van der Waals surface area (Å²) in [4.78, 5) is 16.3. The number of carbonyl (C=O) groups is 1. The Labute approximate surface area is 180 Å². The van der Waals surface area contributed by atoms with E-state index in [-0.39, 0.29) is 27.5 Å². The normalized spacial score (nSPS) is 11.5. The molecule has 0 saturated heterocycles. The van der Waals surface area contributed by atoms with E-state index >= 15 is 0 Å². The van der Waals surface area contributed by atoms with E-state index in [1.807, 2.05) is 0 Å². The second-order valence-corrected chi connectivity index (χ2v) is 9.27. The summed E-state index contributed by atoms with van der Waals surface area (Å²) in [6.45, 7) is -0.0168. The van der Waals surface area contributed by atoms with Gasteiger partial charge in [-0.25, -0.2) is 17.8 Å². The highest BCUT2D eigenvalue weighted by molar-refractivity contribution is 7.93. The number of carbonyl (C=O) groups excluding carboxylic acids is 1. The Morgan fingerprint density at radius 3 is 2.67 bits per heavy atom. The number of nitrogens with one attached hydrogen (secondary N) is 2. The van der Waals surface area contributed by atoms with Crippen LogP contribution in [0.3, 0.4) is 0 Å². The van der Waals surface area contributed by atoms with Gasteiger partial charge in [-0.2, -0.15) is 0 Å². The largest absolute Gasteiger partial charge is 0.338 e. The van der Waals surface area contributed by atoms with Gasteiger partial charge < -0.3 is 9.88 Å². The molecule has 2 heterocycles. The molecule has 154 valence electrons. The quantitative estimate of drug-likeness (QED) is 0.444. The summed E-state index contributed by atoms with van der Waals surface area (Å²) in [5, 5.41) is 5.24. The number of benzene rings is 2. The zero-order valence-corrected chi connectivity index (χ0v) is 17.6. The van der Waals surface area contributed by atoms with E-state index in [1.54, 1.807) is 22.2 Å². The molecule has 7 nitrogen and oxygen atoms in total. The molecule has 2 aromatic heterocycles. The van der Waals surface area contributed by atoms with Gasteiger partial charge in [-0.3, -0.25) is 9.52 Å². The van der Waals surface area contributed by atoms with Gasteiger partial charge >= 0.3 is 0 Å². The van der Waals surface area contributed by atoms with E-state index in [0.717, 1.165) is 0 Å². The first-order chi connectivity index (χ1) is 14.3. The van der Waals surface area contributed by atoms with Gasteiger partial charge in [0.1, 0.15) is 12.4 Å². The van der Waals surface area contributed by atoms with Crippen molar-refractivity contribution in [3.63, 3.8) is 0 Å². The molecule has 2 aromatic carbocycles. The van der Waals surface area contributed by atoms with Crippen LogP contribution in [0.15, 0.2) is 65.1 Å². The van der Waals surface area contributed by atoms with Gasteiger partial charge in [-0.05, 0) is 42.5 Å². The summed E-state index contributed by atoms with van der Waals surface area (Å²) in [7, 11) is -3.76. The molecule has 0 bridgehead atoms. The van der Waals surface area contributed by atoms with Crippen LogP contribution in [0.5, 0.6) is 0 Å². The fraction of sp³-hybridized carbons (Fsp3) is 0.0526. The van der Waals surface area contributed by atoms with Crippen molar-refractivity contribution < 1.29 is 17.6 Å². The smallest absolute Gasteiger partial charge is 0.263 e. The molecular formula is C19H14ClFN4O3S2. The number of rotatable bonds is 6. The summed E-state index contributed by atoms with van der Waals surface area (Å²) in [5.74, 6) is -0.852. The van der Waals surface area contributed by atoms with Crippen LogP contribution in [-0.2, 0) is 21.4 Å². The lowest BCUT2D eigenvalue weighted by Gasteiger charge is -2.09. The van der Waals surface area contributed by atoms with Crippen molar-refractivity contribution in [2.45, 2.75) is 11.4 Å². The summed E-state index contributed by atoms with van der Waals surface area (Å²) < 4.78 is 42.3. The Balaban J connectivity index is 1.45. The maximum Gasteiger partial charge on any atom is 0.263 e. The standard InChI is InChI=1S/C19H14ClFN4O3S2/c20-15-10-17-12(9-16(15)21)5-7-25(17)11-18(26)23-13-1-3-14(4-2-13)30(27,28)24-19-22-6-8-29-19/h1-10H,11H2,(H,22,24)(H,23,26). The monoisotopic (exact) mass is 464 g/mol. The van der Waals surface area contributed by atoms with Crippen molar-refractivity contribution >= 4 is 60.6 Å². The number of aromatic nitrogens is 2. The first-order valence-corrected chi connectivity index (χ1v) is 11.3. The van der Waals surface area contributed by atoms with E-state index < -0.39 is 15.8 Å². The van der Waals surface area contributed by atoms with Gasteiger partial charge in [0.2, 0.25) is 5.91 Å². The molecule has 0 fully saturated rings. The molecule has 1 amide bonds. The third kappa shape index (κ3) is 4.30. The second kappa shape index (κ2) is 8.05. The zero-order chi connectivity index (χ0) is 21.3. The first kappa shape index (κ1) is 20.3. The average Bonchev–Trinajstić information content (AvgIpc) is 3.33. The third-order valence-corrected chi connectivity index (χ3v) is 6.69. The molecule has 4 rings (SSSR count). The first-order valence-electron chi connectivity index (χ1n) is 8.58. The summed E-state index contributed by atoms with van der Waals surface area (Å²) in [6, 6.07) is 10.2. The maximum atomic E-state index is 13.6. The molecule has 30 heavy (non-hydrogen) atoms. The molecule has 0 radical (unpaired) electrons. The van der Waals surface area contributed by atoms with Gasteiger partial charge in [0.15, 0.2) is 5.13 Å². The van der Waals surface area contributed by atoms with Crippen molar-refractivity contribution in [1.82, 2.24) is 9.55 Å². The molecular weight excluding hydrogens is 451 g/mol. The lowest BCUT2D eigenvalue weighted by Crippen LogP contribution is -2.18. The number of hydrogen-bond donors (Lipinski definition) is 2. The van der Waals surface area contributed by atoms with Crippen LogP contribution in [0.2, 0.25) is 5.02 Å². The van der Waals surface area contributed by atoms with Gasteiger partial charge in [-0.1, -0.05) is 11.6 Å². The van der Waals surface area contributed by atoms with Crippen LogP contribution in [0.1, 0.15) is 0 Å². The molecule has 2 N–H and O–H groups in total. The number of sulfonamides is 1. The highest BCUT2D eigenvalue weighted by Crippen LogP contribution is 2.24. The van der Waals surface area contributed by atoms with Gasteiger partial charge in [-0.15, -0.1) is 11.3 Å². The van der Waals surface area contributed by atoms with Gasteiger partial charge in [0.25, 0.3) is 10.0 Å². The van der Waals surface area contributed by atoms with E-state index in [2.05, 4.69) is 15.0 Å². The molecule has 0 saturated carbocycles. The number of hydrogen-bond acceptors (Lipinski definition) is 5. The molecule has 0 atom stereocenters. The van der Waals surface area contributed by atoms with E-state index in [9.17, 15) is 17.6 Å². The van der Waals surface area contributed by atoms with Crippen LogP contribution in [0, 0.1) is 5.82 Å². The van der Waals surface area contributed by atoms with E-state index in [1.165, 1.54) is 53.9 Å². The fourth-order valence-electron chi connectivity index (χ4n) is 2.84. The van der Waals surface area contributed by atoms with Crippen LogP contribution < -0.4 is 10.0 Å².